The van der Waals surface area contributed by atoms with Crippen molar-refractivity contribution < 1.29 is 9.53 Å². The van der Waals surface area contributed by atoms with Gasteiger partial charge >= 0.3 is 6.03 Å². The lowest BCUT2D eigenvalue weighted by Gasteiger charge is -2.20. The van der Waals surface area contributed by atoms with Gasteiger partial charge in [-0.3, -0.25) is 0 Å². The Morgan fingerprint density at radius 3 is 2.45 bits per heavy atom. The summed E-state index contributed by atoms with van der Waals surface area (Å²) in [4.78, 5) is 13.5. The molecule has 0 saturated heterocycles. The molecule has 0 saturated carbocycles. The van der Waals surface area contributed by atoms with Gasteiger partial charge in [-0.15, -0.1) is 13.2 Å². The summed E-state index contributed by atoms with van der Waals surface area (Å²) in [5.74, 6) is 0.743. The van der Waals surface area contributed by atoms with Crippen LogP contribution in [0.4, 0.5) is 4.79 Å². The highest BCUT2D eigenvalue weighted by Gasteiger charge is 2.09. The van der Waals surface area contributed by atoms with E-state index in [4.69, 9.17) is 4.74 Å². The quantitative estimate of drug-likeness (QED) is 0.613. The molecule has 1 aromatic rings. The van der Waals surface area contributed by atoms with Gasteiger partial charge in [0.05, 0.1) is 0 Å². The smallest absolute Gasteiger partial charge is 0.320 e. The van der Waals surface area contributed by atoms with Crippen molar-refractivity contribution in [2.75, 3.05) is 19.8 Å². The number of hydrogen-bond acceptors (Lipinski definition) is 2. The SMILES string of the molecule is C=CCN(CC=C)C(=O)NCOc1ccc(C)c(C)c1. The van der Waals surface area contributed by atoms with Crippen LogP contribution in [-0.2, 0) is 0 Å². The van der Waals surface area contributed by atoms with Crippen molar-refractivity contribution in [3.63, 3.8) is 0 Å². The number of carbonyl (C=O) groups excluding carboxylic acids is 1. The number of ether oxygens (including phenoxy) is 1. The van der Waals surface area contributed by atoms with Gasteiger partial charge in [0.15, 0.2) is 6.73 Å². The third kappa shape index (κ3) is 4.80. The summed E-state index contributed by atoms with van der Waals surface area (Å²) >= 11 is 0. The molecule has 0 fully saturated rings. The van der Waals surface area contributed by atoms with E-state index >= 15 is 0 Å². The summed E-state index contributed by atoms with van der Waals surface area (Å²) < 4.78 is 5.51. The van der Waals surface area contributed by atoms with Gasteiger partial charge in [0.25, 0.3) is 0 Å². The van der Waals surface area contributed by atoms with Crippen LogP contribution in [0.5, 0.6) is 5.75 Å². The second kappa shape index (κ2) is 8.04. The number of urea groups is 1. The number of nitrogens with zero attached hydrogens (tertiary/aromatic N) is 1. The molecule has 0 bridgehead atoms. The first-order chi connectivity index (χ1) is 9.58. The summed E-state index contributed by atoms with van der Waals surface area (Å²) in [6, 6.07) is 5.63. The van der Waals surface area contributed by atoms with Gasteiger partial charge in [-0.25, -0.2) is 4.79 Å². The van der Waals surface area contributed by atoms with E-state index in [1.165, 1.54) is 5.56 Å². The van der Waals surface area contributed by atoms with Crippen molar-refractivity contribution >= 4 is 6.03 Å². The summed E-state index contributed by atoms with van der Waals surface area (Å²) in [7, 11) is 0. The highest BCUT2D eigenvalue weighted by molar-refractivity contribution is 5.74. The van der Waals surface area contributed by atoms with Crippen LogP contribution in [0.15, 0.2) is 43.5 Å². The van der Waals surface area contributed by atoms with Crippen molar-refractivity contribution in [3.05, 3.63) is 54.6 Å². The van der Waals surface area contributed by atoms with Crippen molar-refractivity contribution in [1.82, 2.24) is 10.2 Å². The molecule has 0 radical (unpaired) electrons. The van der Waals surface area contributed by atoms with Crippen LogP contribution in [0.3, 0.4) is 0 Å². The highest BCUT2D eigenvalue weighted by atomic mass is 16.5. The monoisotopic (exact) mass is 274 g/mol. The lowest BCUT2D eigenvalue weighted by atomic mass is 10.1. The predicted octanol–water partition coefficient (Wildman–Crippen LogP) is 3.02. The molecule has 108 valence electrons. The van der Waals surface area contributed by atoms with Crippen molar-refractivity contribution in [2.24, 2.45) is 0 Å². The Morgan fingerprint density at radius 1 is 1.25 bits per heavy atom. The standard InChI is InChI=1S/C16H22N2O2/c1-5-9-18(10-6-2)16(19)17-12-20-15-8-7-13(3)14(4)11-15/h5-8,11H,1-2,9-10,12H2,3-4H3,(H,17,19). The molecular formula is C16H22N2O2. The molecule has 0 aliphatic rings. The van der Waals surface area contributed by atoms with Crippen molar-refractivity contribution in [2.45, 2.75) is 13.8 Å². The average Bonchev–Trinajstić information content (AvgIpc) is 2.42. The molecule has 0 aliphatic heterocycles. The topological polar surface area (TPSA) is 41.6 Å². The van der Waals surface area contributed by atoms with E-state index in [1.54, 1.807) is 17.1 Å². The fraction of sp³-hybridized carbons (Fsp3) is 0.312. The van der Waals surface area contributed by atoms with Gasteiger partial charge in [0, 0.05) is 13.1 Å². The molecule has 2 amide bonds. The number of nitrogens with one attached hydrogen (secondary N) is 1. The number of amides is 2. The lowest BCUT2D eigenvalue weighted by molar-refractivity contribution is 0.193. The van der Waals surface area contributed by atoms with Crippen LogP contribution in [0.1, 0.15) is 11.1 Å². The third-order valence-corrected chi connectivity index (χ3v) is 2.93. The molecule has 20 heavy (non-hydrogen) atoms. The van der Waals surface area contributed by atoms with Gasteiger partial charge in [-0.2, -0.15) is 0 Å². The minimum Gasteiger partial charge on any atom is -0.473 e. The summed E-state index contributed by atoms with van der Waals surface area (Å²) in [6.45, 7) is 12.4. The molecule has 0 aliphatic carbocycles. The van der Waals surface area contributed by atoms with E-state index < -0.39 is 0 Å². The Kier molecular flexibility index (Phi) is 6.37. The van der Waals surface area contributed by atoms with E-state index in [0.29, 0.717) is 13.1 Å². The van der Waals surface area contributed by atoms with Gasteiger partial charge < -0.3 is 15.0 Å². The molecule has 0 atom stereocenters. The van der Waals surface area contributed by atoms with Gasteiger partial charge in [0.2, 0.25) is 0 Å². The van der Waals surface area contributed by atoms with Crippen LogP contribution >= 0.6 is 0 Å². The van der Waals surface area contributed by atoms with Gasteiger partial charge in [-0.05, 0) is 37.1 Å². The Bertz CT molecular complexity index is 473. The lowest BCUT2D eigenvalue weighted by Crippen LogP contribution is -2.41. The maximum absolute atomic E-state index is 11.9. The molecule has 0 aromatic heterocycles. The molecule has 1 rings (SSSR count). The molecule has 0 heterocycles. The van der Waals surface area contributed by atoms with E-state index in [1.807, 2.05) is 32.0 Å². The predicted molar refractivity (Wildman–Crippen MR) is 81.9 cm³/mol. The average molecular weight is 274 g/mol. The molecule has 0 spiro atoms. The largest absolute Gasteiger partial charge is 0.473 e. The highest BCUT2D eigenvalue weighted by Crippen LogP contribution is 2.15. The maximum atomic E-state index is 11.9. The minimum absolute atomic E-state index is 0.131. The Labute approximate surface area is 120 Å². The third-order valence-electron chi connectivity index (χ3n) is 2.93. The second-order valence-electron chi connectivity index (χ2n) is 4.50. The summed E-state index contributed by atoms with van der Waals surface area (Å²) in [5, 5.41) is 2.70. The number of carbonyl (C=O) groups is 1. The van der Waals surface area contributed by atoms with Crippen molar-refractivity contribution in [1.29, 1.82) is 0 Å². The molecule has 4 heteroatoms. The summed E-state index contributed by atoms with van der Waals surface area (Å²) in [5.41, 5.74) is 2.37. The Hall–Kier alpha value is -2.23. The summed E-state index contributed by atoms with van der Waals surface area (Å²) in [6.07, 6.45) is 3.35. The van der Waals surface area contributed by atoms with Crippen LogP contribution in [-0.4, -0.2) is 30.8 Å². The zero-order valence-electron chi connectivity index (χ0n) is 12.2. The van der Waals surface area contributed by atoms with E-state index in [-0.39, 0.29) is 12.8 Å². The number of hydrogen-bond donors (Lipinski definition) is 1. The molecule has 4 nitrogen and oxygen atoms in total. The Balaban J connectivity index is 2.45. The van der Waals surface area contributed by atoms with Crippen LogP contribution in [0.25, 0.3) is 0 Å². The molecule has 1 N–H and O–H groups in total. The van der Waals surface area contributed by atoms with Crippen molar-refractivity contribution in [3.8, 4) is 5.75 Å². The van der Waals surface area contributed by atoms with Crippen LogP contribution in [0, 0.1) is 13.8 Å². The van der Waals surface area contributed by atoms with Gasteiger partial charge in [0.1, 0.15) is 5.75 Å². The number of aryl methyl sites for hydroxylation is 2. The molecule has 0 unspecified atom stereocenters. The fourth-order valence-electron chi connectivity index (χ4n) is 1.65. The normalized spacial score (nSPS) is 9.70. The number of benzene rings is 1. The minimum atomic E-state index is -0.200. The first-order valence-electron chi connectivity index (χ1n) is 6.53. The van der Waals surface area contributed by atoms with Crippen LogP contribution < -0.4 is 10.1 Å². The molecular weight excluding hydrogens is 252 g/mol. The molecule has 1 aromatic carbocycles. The zero-order valence-corrected chi connectivity index (χ0v) is 12.2. The zero-order chi connectivity index (χ0) is 15.0. The fourth-order valence-corrected chi connectivity index (χ4v) is 1.65. The Morgan fingerprint density at radius 2 is 1.90 bits per heavy atom. The first-order valence-corrected chi connectivity index (χ1v) is 6.53. The van der Waals surface area contributed by atoms with Crippen LogP contribution in [0.2, 0.25) is 0 Å². The second-order valence-corrected chi connectivity index (χ2v) is 4.50. The maximum Gasteiger partial charge on any atom is 0.320 e. The van der Waals surface area contributed by atoms with E-state index in [9.17, 15) is 4.79 Å². The number of rotatable bonds is 7. The van der Waals surface area contributed by atoms with E-state index in [0.717, 1.165) is 11.3 Å². The van der Waals surface area contributed by atoms with Gasteiger partial charge in [-0.1, -0.05) is 18.2 Å². The van der Waals surface area contributed by atoms with E-state index in [2.05, 4.69) is 18.5 Å². The first kappa shape index (κ1) is 15.8.